The molecule has 2 aromatic carbocycles. The van der Waals surface area contributed by atoms with Gasteiger partial charge in [0.05, 0.1) is 12.2 Å². The van der Waals surface area contributed by atoms with Crippen LogP contribution in [0, 0.1) is 4.84 Å². The van der Waals surface area contributed by atoms with E-state index in [0.29, 0.717) is 11.5 Å². The minimum Gasteiger partial charge on any atom is -0.429 e. The molecule has 1 aromatic heterocycles. The lowest BCUT2D eigenvalue weighted by atomic mass is 10.3. The van der Waals surface area contributed by atoms with Gasteiger partial charge in [0, 0.05) is 10.2 Å². The first-order chi connectivity index (χ1) is 9.24. The van der Waals surface area contributed by atoms with Crippen LogP contribution < -0.4 is 5.32 Å². The van der Waals surface area contributed by atoms with E-state index in [0.717, 1.165) is 21.3 Å². The summed E-state index contributed by atoms with van der Waals surface area (Å²) in [4.78, 5) is 0.478. The van der Waals surface area contributed by atoms with Gasteiger partial charge in [0.1, 0.15) is 0 Å². The van der Waals surface area contributed by atoms with E-state index in [9.17, 15) is 0 Å². The van der Waals surface area contributed by atoms with Crippen LogP contribution in [0.2, 0.25) is 0 Å². The Kier molecular flexibility index (Phi) is 3.40. The normalized spacial score (nSPS) is 10.8. The Bertz CT molecular complexity index is 761. The van der Waals surface area contributed by atoms with Crippen LogP contribution in [0.5, 0.6) is 0 Å². The molecule has 0 unspecified atom stereocenters. The van der Waals surface area contributed by atoms with Gasteiger partial charge in [-0.25, -0.2) is 0 Å². The maximum Gasteiger partial charge on any atom is 0.271 e. The van der Waals surface area contributed by atoms with Crippen LogP contribution in [0.15, 0.2) is 57.4 Å². The minimum atomic E-state index is 0.478. The third-order valence-electron chi connectivity index (χ3n) is 2.86. The molecule has 0 amide bonds. The lowest BCUT2D eigenvalue weighted by Gasteiger charge is -2.07. The first-order valence-electron chi connectivity index (χ1n) is 5.82. The largest absolute Gasteiger partial charge is 0.429 e. The Balaban J connectivity index is 1.87. The molecule has 0 radical (unpaired) electrons. The number of halogens is 1. The highest BCUT2D eigenvalue weighted by molar-refractivity contribution is 9.10. The Hall–Kier alpha value is -1.59. The van der Waals surface area contributed by atoms with E-state index in [4.69, 9.17) is 16.6 Å². The molecule has 3 rings (SSSR count). The Morgan fingerprint density at radius 3 is 2.63 bits per heavy atom. The zero-order valence-corrected chi connectivity index (χ0v) is 12.4. The van der Waals surface area contributed by atoms with Gasteiger partial charge in [0.15, 0.2) is 5.58 Å². The molecule has 0 aliphatic carbocycles. The number of para-hydroxylation sites is 2. The fourth-order valence-electron chi connectivity index (χ4n) is 1.90. The molecule has 3 aromatic rings. The predicted octanol–water partition coefficient (Wildman–Crippen LogP) is 4.80. The Morgan fingerprint density at radius 2 is 1.84 bits per heavy atom. The van der Waals surface area contributed by atoms with Gasteiger partial charge in [0.25, 0.3) is 4.84 Å². The van der Waals surface area contributed by atoms with Crippen molar-refractivity contribution in [2.45, 2.75) is 6.67 Å². The Morgan fingerprint density at radius 1 is 1.11 bits per heavy atom. The number of fused-ring (bicyclic) bond motifs is 1. The van der Waals surface area contributed by atoms with Gasteiger partial charge >= 0.3 is 0 Å². The summed E-state index contributed by atoms with van der Waals surface area (Å²) in [5.41, 5.74) is 2.84. The van der Waals surface area contributed by atoms with Crippen molar-refractivity contribution < 1.29 is 4.42 Å². The molecule has 1 N–H and O–H groups in total. The molecule has 0 saturated heterocycles. The molecule has 3 nitrogen and oxygen atoms in total. The third kappa shape index (κ3) is 2.57. The van der Waals surface area contributed by atoms with Crippen LogP contribution in [0.1, 0.15) is 0 Å². The zero-order chi connectivity index (χ0) is 13.2. The van der Waals surface area contributed by atoms with Crippen molar-refractivity contribution in [3.63, 3.8) is 0 Å². The fraction of sp³-hybridized carbons (Fsp3) is 0.0714. The maximum atomic E-state index is 5.54. The maximum absolute atomic E-state index is 5.54. The molecule has 19 heavy (non-hydrogen) atoms. The second-order valence-corrected chi connectivity index (χ2v) is 5.37. The lowest BCUT2D eigenvalue weighted by molar-refractivity contribution is 0.546. The number of nitrogens with one attached hydrogen (secondary N) is 1. The van der Waals surface area contributed by atoms with Crippen molar-refractivity contribution in [3.05, 3.63) is 57.8 Å². The molecule has 0 spiro atoms. The number of anilines is 1. The van der Waals surface area contributed by atoms with Gasteiger partial charge in [-0.15, -0.1) is 0 Å². The first-order valence-corrected chi connectivity index (χ1v) is 7.02. The van der Waals surface area contributed by atoms with Gasteiger partial charge in [-0.3, -0.25) is 4.57 Å². The summed E-state index contributed by atoms with van der Waals surface area (Å²) in [6.45, 7) is 0.581. The molecule has 0 saturated carbocycles. The molecule has 96 valence electrons. The average molecular weight is 335 g/mol. The number of rotatable bonds is 3. The molecule has 0 fully saturated rings. The molecule has 5 heteroatoms. The smallest absolute Gasteiger partial charge is 0.271 e. The van der Waals surface area contributed by atoms with Crippen molar-refractivity contribution in [1.82, 2.24) is 4.57 Å². The van der Waals surface area contributed by atoms with Crippen LogP contribution >= 0.6 is 28.1 Å². The first kappa shape index (κ1) is 12.4. The van der Waals surface area contributed by atoms with Crippen LogP contribution in [0.3, 0.4) is 0 Å². The summed E-state index contributed by atoms with van der Waals surface area (Å²) in [7, 11) is 0. The Labute approximate surface area is 124 Å². The van der Waals surface area contributed by atoms with E-state index in [1.165, 1.54) is 0 Å². The number of nitrogens with zero attached hydrogens (tertiary/aromatic N) is 1. The van der Waals surface area contributed by atoms with Gasteiger partial charge in [-0.05, 0) is 48.6 Å². The van der Waals surface area contributed by atoms with Crippen LogP contribution in [-0.2, 0) is 6.67 Å². The second-order valence-electron chi connectivity index (χ2n) is 4.11. The molecule has 0 aliphatic rings. The number of oxazole rings is 1. The third-order valence-corrected chi connectivity index (χ3v) is 3.69. The van der Waals surface area contributed by atoms with Crippen molar-refractivity contribution in [3.8, 4) is 0 Å². The molecular weight excluding hydrogens is 324 g/mol. The van der Waals surface area contributed by atoms with Crippen molar-refractivity contribution >= 4 is 44.9 Å². The quantitative estimate of drug-likeness (QED) is 0.698. The summed E-state index contributed by atoms with van der Waals surface area (Å²) in [6, 6.07) is 15.8. The highest BCUT2D eigenvalue weighted by Crippen LogP contribution is 2.18. The van der Waals surface area contributed by atoms with E-state index in [1.807, 2.05) is 53.1 Å². The second kappa shape index (κ2) is 5.19. The van der Waals surface area contributed by atoms with Crippen LogP contribution in [0.25, 0.3) is 11.1 Å². The van der Waals surface area contributed by atoms with Crippen molar-refractivity contribution in [2.24, 2.45) is 0 Å². The summed E-state index contributed by atoms with van der Waals surface area (Å²) in [5, 5.41) is 3.32. The predicted molar refractivity (Wildman–Crippen MR) is 82.8 cm³/mol. The molecule has 1 heterocycles. The summed E-state index contributed by atoms with van der Waals surface area (Å²) in [6.07, 6.45) is 0. The highest BCUT2D eigenvalue weighted by atomic mass is 79.9. The summed E-state index contributed by atoms with van der Waals surface area (Å²) in [5.74, 6) is 0. The fourth-order valence-corrected chi connectivity index (χ4v) is 2.42. The number of aromatic nitrogens is 1. The van der Waals surface area contributed by atoms with E-state index < -0.39 is 0 Å². The van der Waals surface area contributed by atoms with E-state index in [-0.39, 0.29) is 0 Å². The molecule has 0 bridgehead atoms. The summed E-state index contributed by atoms with van der Waals surface area (Å²) < 4.78 is 8.53. The van der Waals surface area contributed by atoms with E-state index >= 15 is 0 Å². The average Bonchev–Trinajstić information content (AvgIpc) is 2.74. The zero-order valence-electron chi connectivity index (χ0n) is 9.97. The SMILES string of the molecule is S=c1oc2ccccc2n1CNc1ccc(Br)cc1. The lowest BCUT2D eigenvalue weighted by Crippen LogP contribution is -2.07. The van der Waals surface area contributed by atoms with Crippen molar-refractivity contribution in [2.75, 3.05) is 5.32 Å². The number of benzene rings is 2. The van der Waals surface area contributed by atoms with E-state index in [2.05, 4.69) is 21.2 Å². The van der Waals surface area contributed by atoms with Crippen LogP contribution in [0.4, 0.5) is 5.69 Å². The highest BCUT2D eigenvalue weighted by Gasteiger charge is 2.05. The van der Waals surface area contributed by atoms with Crippen LogP contribution in [-0.4, -0.2) is 4.57 Å². The minimum absolute atomic E-state index is 0.478. The van der Waals surface area contributed by atoms with Gasteiger partial charge in [-0.2, -0.15) is 0 Å². The number of hydrogen-bond donors (Lipinski definition) is 1. The standard InChI is InChI=1S/C14H11BrN2OS/c15-10-5-7-11(8-6-10)16-9-17-12-3-1-2-4-13(12)18-14(17)19/h1-8,16H,9H2. The summed E-state index contributed by atoms with van der Waals surface area (Å²) >= 11 is 8.65. The van der Waals surface area contributed by atoms with E-state index in [1.54, 1.807) is 0 Å². The monoisotopic (exact) mass is 334 g/mol. The molecule has 0 aliphatic heterocycles. The van der Waals surface area contributed by atoms with Gasteiger partial charge in [0.2, 0.25) is 0 Å². The van der Waals surface area contributed by atoms with Crippen molar-refractivity contribution in [1.29, 1.82) is 0 Å². The topological polar surface area (TPSA) is 30.1 Å². The van der Waals surface area contributed by atoms with Gasteiger partial charge in [-0.1, -0.05) is 28.1 Å². The van der Waals surface area contributed by atoms with Gasteiger partial charge < -0.3 is 9.73 Å². The molecular formula is C14H11BrN2OS. The number of hydrogen-bond acceptors (Lipinski definition) is 3. The molecule has 0 atom stereocenters.